The minimum absolute atomic E-state index is 0.225. The normalized spacial score (nSPS) is 15.1. The fraction of sp³-hybridized carbons (Fsp3) is 0.345. The van der Waals surface area contributed by atoms with E-state index >= 15 is 0 Å². The largest absolute Gasteiger partial charge is 0.444 e. The molecule has 0 aliphatic carbocycles. The Morgan fingerprint density at radius 1 is 1.13 bits per heavy atom. The molecule has 200 valence electrons. The maximum absolute atomic E-state index is 12.8. The van der Waals surface area contributed by atoms with Gasteiger partial charge in [0.1, 0.15) is 11.7 Å². The second-order valence-corrected chi connectivity index (χ2v) is 11.2. The molecular formula is C29H30ClN7O2. The summed E-state index contributed by atoms with van der Waals surface area (Å²) in [5.41, 5.74) is 2.70. The van der Waals surface area contributed by atoms with Crippen molar-refractivity contribution in [3.63, 3.8) is 0 Å². The molecule has 5 rings (SSSR count). The van der Waals surface area contributed by atoms with Gasteiger partial charge in [-0.2, -0.15) is 15.3 Å². The van der Waals surface area contributed by atoms with E-state index in [9.17, 15) is 10.1 Å². The molecule has 0 spiro atoms. The van der Waals surface area contributed by atoms with Crippen molar-refractivity contribution in [2.45, 2.75) is 51.7 Å². The van der Waals surface area contributed by atoms with Crippen molar-refractivity contribution in [3.8, 4) is 17.3 Å². The number of piperidine rings is 1. The monoisotopic (exact) mass is 543 g/mol. The van der Waals surface area contributed by atoms with E-state index in [0.717, 1.165) is 16.7 Å². The minimum atomic E-state index is -0.607. The van der Waals surface area contributed by atoms with E-state index in [1.54, 1.807) is 0 Å². The minimum Gasteiger partial charge on any atom is -0.444 e. The van der Waals surface area contributed by atoms with Gasteiger partial charge in [0.15, 0.2) is 11.3 Å². The number of alkyl carbamates (subject to hydrolysis) is 1. The Morgan fingerprint density at radius 3 is 2.51 bits per heavy atom. The lowest BCUT2D eigenvalue weighted by molar-refractivity contribution is 0.0431. The maximum Gasteiger partial charge on any atom is 0.408 e. The molecule has 0 atom stereocenters. The van der Waals surface area contributed by atoms with E-state index in [1.807, 2.05) is 81.1 Å². The zero-order valence-corrected chi connectivity index (χ0v) is 23.1. The van der Waals surface area contributed by atoms with Gasteiger partial charge in [0.25, 0.3) is 0 Å². The van der Waals surface area contributed by atoms with Crippen molar-refractivity contribution in [1.82, 2.24) is 25.5 Å². The molecule has 1 amide bonds. The van der Waals surface area contributed by atoms with Crippen molar-refractivity contribution in [3.05, 3.63) is 70.4 Å². The molecule has 1 saturated heterocycles. The number of aryl methyl sites for hydroxylation is 1. The summed E-state index contributed by atoms with van der Waals surface area (Å²) in [5, 5.41) is 21.7. The summed E-state index contributed by atoms with van der Waals surface area (Å²) in [7, 11) is 0. The third-order valence-corrected chi connectivity index (χ3v) is 7.44. The number of rotatable bonds is 4. The summed E-state index contributed by atoms with van der Waals surface area (Å²) in [5.74, 6) is 0.423. The van der Waals surface area contributed by atoms with Crippen LogP contribution in [0, 0.1) is 18.3 Å². The van der Waals surface area contributed by atoms with Crippen LogP contribution in [0.25, 0.3) is 22.3 Å². The quantitative estimate of drug-likeness (QED) is 0.330. The number of amides is 1. The number of aromatic amines is 1. The molecule has 1 fully saturated rings. The highest BCUT2D eigenvalue weighted by molar-refractivity contribution is 6.34. The lowest BCUT2D eigenvalue weighted by Gasteiger charge is -2.42. The lowest BCUT2D eigenvalue weighted by Crippen LogP contribution is -2.54. The highest BCUT2D eigenvalue weighted by Crippen LogP contribution is 2.37. The highest BCUT2D eigenvalue weighted by atomic mass is 35.5. The summed E-state index contributed by atoms with van der Waals surface area (Å²) >= 11 is 6.56. The molecule has 0 saturated carbocycles. The number of halogens is 1. The molecular weight excluding hydrogens is 514 g/mol. The number of aromatic nitrogens is 4. The first-order chi connectivity index (χ1) is 18.6. The second kappa shape index (κ2) is 10.2. The Balaban J connectivity index is 1.45. The van der Waals surface area contributed by atoms with E-state index < -0.39 is 17.2 Å². The molecule has 2 aromatic carbocycles. The van der Waals surface area contributed by atoms with Crippen molar-refractivity contribution >= 4 is 34.7 Å². The van der Waals surface area contributed by atoms with Gasteiger partial charge in [-0.05, 0) is 51.7 Å². The van der Waals surface area contributed by atoms with Crippen LogP contribution in [0.5, 0.6) is 0 Å². The predicted octanol–water partition coefficient (Wildman–Crippen LogP) is 5.87. The number of nitrogens with one attached hydrogen (secondary N) is 2. The van der Waals surface area contributed by atoms with Crippen molar-refractivity contribution < 1.29 is 9.53 Å². The van der Waals surface area contributed by atoms with Crippen molar-refractivity contribution in [1.29, 1.82) is 5.26 Å². The molecule has 2 aromatic heterocycles. The average molecular weight is 544 g/mol. The van der Waals surface area contributed by atoms with E-state index in [0.29, 0.717) is 53.6 Å². The Bertz CT molecular complexity index is 1560. The number of carbonyl (C=O) groups is 1. The van der Waals surface area contributed by atoms with Crippen LogP contribution in [0.2, 0.25) is 5.02 Å². The fourth-order valence-corrected chi connectivity index (χ4v) is 5.22. The molecule has 3 heterocycles. The first-order valence-corrected chi connectivity index (χ1v) is 13.2. The SMILES string of the molecule is Cc1cccc(-c2[nH]nc3nc(N4CCC(NC(=O)OC(C)(C)C)(c5ccccc5)CC4)nc(C#N)c23)c1Cl. The van der Waals surface area contributed by atoms with E-state index in [2.05, 4.69) is 26.6 Å². The summed E-state index contributed by atoms with van der Waals surface area (Å²) < 4.78 is 5.59. The molecule has 1 aliphatic rings. The van der Waals surface area contributed by atoms with Crippen molar-refractivity contribution in [2.75, 3.05) is 18.0 Å². The number of fused-ring (bicyclic) bond motifs is 1. The predicted molar refractivity (Wildman–Crippen MR) is 151 cm³/mol. The van der Waals surface area contributed by atoms with Crippen LogP contribution in [-0.2, 0) is 10.3 Å². The van der Waals surface area contributed by atoms with Gasteiger partial charge in [-0.3, -0.25) is 5.10 Å². The maximum atomic E-state index is 12.8. The summed E-state index contributed by atoms with van der Waals surface area (Å²) in [4.78, 5) is 24.2. The van der Waals surface area contributed by atoms with Gasteiger partial charge in [-0.15, -0.1) is 0 Å². The van der Waals surface area contributed by atoms with Crippen LogP contribution in [0.1, 0.15) is 50.4 Å². The average Bonchev–Trinajstić information content (AvgIpc) is 3.33. The molecule has 2 N–H and O–H groups in total. The van der Waals surface area contributed by atoms with Crippen LogP contribution in [0.3, 0.4) is 0 Å². The standard InChI is InChI=1S/C29H30ClN7O2/c1-18-9-8-12-20(23(18)30)24-22-21(17-31)32-26(33-25(22)36-35-24)37-15-13-29(14-16-37,19-10-6-5-7-11-19)34-27(38)39-28(2,3)4/h5-12H,13-16H2,1-4H3,(H,34,38)(H,32,33,35,36). The van der Waals surface area contributed by atoms with Gasteiger partial charge in [0.05, 0.1) is 21.6 Å². The molecule has 4 aromatic rings. The van der Waals surface area contributed by atoms with E-state index in [1.165, 1.54) is 0 Å². The summed E-state index contributed by atoms with van der Waals surface area (Å²) in [6, 6.07) is 17.8. The molecule has 1 aliphatic heterocycles. The molecule has 10 heteroatoms. The highest BCUT2D eigenvalue weighted by Gasteiger charge is 2.39. The number of ether oxygens (including phenoxy) is 1. The summed E-state index contributed by atoms with van der Waals surface area (Å²) in [6.45, 7) is 8.58. The van der Waals surface area contributed by atoms with Crippen LogP contribution in [0.4, 0.5) is 10.7 Å². The van der Waals surface area contributed by atoms with Gasteiger partial charge in [-0.25, -0.2) is 9.78 Å². The number of H-pyrrole nitrogens is 1. The van der Waals surface area contributed by atoms with Crippen LogP contribution >= 0.6 is 11.6 Å². The first kappa shape index (κ1) is 26.4. The molecule has 0 bridgehead atoms. The Morgan fingerprint density at radius 2 is 1.85 bits per heavy atom. The number of anilines is 1. The fourth-order valence-electron chi connectivity index (χ4n) is 5.00. The number of benzene rings is 2. The Kier molecular flexibility index (Phi) is 6.91. The molecule has 39 heavy (non-hydrogen) atoms. The summed E-state index contributed by atoms with van der Waals surface area (Å²) in [6.07, 6.45) is 0.747. The van der Waals surface area contributed by atoms with Gasteiger partial charge in [0, 0.05) is 18.7 Å². The van der Waals surface area contributed by atoms with Gasteiger partial charge < -0.3 is 15.0 Å². The molecule has 0 unspecified atom stereocenters. The Labute approximate surface area is 232 Å². The van der Waals surface area contributed by atoms with Gasteiger partial charge in [-0.1, -0.05) is 60.1 Å². The van der Waals surface area contributed by atoms with Gasteiger partial charge in [0.2, 0.25) is 5.95 Å². The second-order valence-electron chi connectivity index (χ2n) is 10.8. The molecule has 9 nitrogen and oxygen atoms in total. The van der Waals surface area contributed by atoms with Crippen molar-refractivity contribution in [2.24, 2.45) is 0 Å². The van der Waals surface area contributed by atoms with Crippen LogP contribution in [-0.4, -0.2) is 44.9 Å². The number of carbonyl (C=O) groups excluding carboxylic acids is 1. The number of nitrogens with zero attached hydrogens (tertiary/aromatic N) is 5. The van der Waals surface area contributed by atoms with E-state index in [-0.39, 0.29) is 5.69 Å². The number of nitriles is 1. The smallest absolute Gasteiger partial charge is 0.408 e. The topological polar surface area (TPSA) is 120 Å². The number of hydrogen-bond acceptors (Lipinski definition) is 7. The zero-order valence-electron chi connectivity index (χ0n) is 22.4. The van der Waals surface area contributed by atoms with Gasteiger partial charge >= 0.3 is 6.09 Å². The molecule has 0 radical (unpaired) electrons. The Hall–Kier alpha value is -4.16. The lowest BCUT2D eigenvalue weighted by atomic mass is 9.81. The third-order valence-electron chi connectivity index (χ3n) is 6.94. The third kappa shape index (κ3) is 5.25. The zero-order chi connectivity index (χ0) is 27.8. The van der Waals surface area contributed by atoms with E-state index in [4.69, 9.17) is 21.3 Å². The number of hydrogen-bond donors (Lipinski definition) is 2. The van der Waals surface area contributed by atoms with Crippen LogP contribution in [0.15, 0.2) is 48.5 Å². The first-order valence-electron chi connectivity index (χ1n) is 12.8. The van der Waals surface area contributed by atoms with Crippen LogP contribution < -0.4 is 10.2 Å².